The van der Waals surface area contributed by atoms with Gasteiger partial charge in [-0.05, 0) is 6.07 Å². The minimum Gasteiger partial charge on any atom is -0.399 e. The van der Waals surface area contributed by atoms with Crippen molar-refractivity contribution in [2.75, 3.05) is 27.3 Å². The van der Waals surface area contributed by atoms with Crippen molar-refractivity contribution in [1.29, 1.82) is 0 Å². The zero-order valence-corrected chi connectivity index (χ0v) is 17.0. The molecule has 32 heavy (non-hydrogen) atoms. The van der Waals surface area contributed by atoms with Crippen molar-refractivity contribution >= 4 is 42.1 Å². The number of carbonyl (C=O) groups excluding carboxylic acids is 2. The van der Waals surface area contributed by atoms with Crippen LogP contribution < -0.4 is 16.7 Å². The highest BCUT2D eigenvalue weighted by atomic mass is 19.1. The van der Waals surface area contributed by atoms with Gasteiger partial charge in [0.05, 0.1) is 37.9 Å². The highest BCUT2D eigenvalue weighted by Crippen LogP contribution is 2.01. The van der Waals surface area contributed by atoms with Gasteiger partial charge in [-0.25, -0.2) is 35.7 Å². The predicted molar refractivity (Wildman–Crippen MR) is 112 cm³/mol. The van der Waals surface area contributed by atoms with E-state index in [4.69, 9.17) is 5.84 Å². The number of aromatic nitrogens is 1. The molecular weight excluding hydrogens is 429 g/mol. The van der Waals surface area contributed by atoms with Crippen LogP contribution in [0, 0.1) is 5.82 Å². The second-order valence-electron chi connectivity index (χ2n) is 5.74. The number of carbonyl (C=O) groups is 2. The number of nitrogens with one attached hydrogen (secondary N) is 2. The Labute approximate surface area is 181 Å². The summed E-state index contributed by atoms with van der Waals surface area (Å²) < 4.78 is 12.9. The molecule has 3 rings (SSSR count). The molecule has 0 spiro atoms. The van der Waals surface area contributed by atoms with Crippen LogP contribution in [0.3, 0.4) is 0 Å². The molecule has 0 atom stereocenters. The van der Waals surface area contributed by atoms with Crippen molar-refractivity contribution in [2.24, 2.45) is 31.5 Å². The maximum atomic E-state index is 12.9. The molecule has 0 bridgehead atoms. The Morgan fingerprint density at radius 1 is 1.03 bits per heavy atom. The number of nitrogens with two attached hydrogens (primary N) is 1. The molecule has 4 amide bonds. The third kappa shape index (κ3) is 7.75. The molecule has 0 aliphatic carbocycles. The number of pyridine rings is 1. The van der Waals surface area contributed by atoms with Crippen LogP contribution in [0.15, 0.2) is 44.1 Å². The summed E-state index contributed by atoms with van der Waals surface area (Å²) in [7, 11) is 2.81. The molecule has 2 aliphatic heterocycles. The standard InChI is InChI=1S/C11H11FN6O2.C5H9N5O2/c1-20-15-6-10-7-18(11(19)17-16-10)14-4-8-2-9(12)5-13-3-8;1-12-7-2-4-3-10(6)5(11)9-8-4/h2-6H,7H2,1H3,(H,17,19);2H,3,6H2,1H3,(H,9,11)/b14-4+,15-6+;7-2+. The smallest absolute Gasteiger partial charge is 0.358 e. The van der Waals surface area contributed by atoms with Crippen LogP contribution in [-0.4, -0.2) is 84.4 Å². The number of amides is 4. The number of hydrazone groups is 3. The summed E-state index contributed by atoms with van der Waals surface area (Å²) in [6, 6.07) is 0.310. The van der Waals surface area contributed by atoms with E-state index in [9.17, 15) is 14.0 Å². The van der Waals surface area contributed by atoms with Crippen LogP contribution in [0.25, 0.3) is 0 Å². The molecule has 0 unspecified atom stereocenters. The van der Waals surface area contributed by atoms with E-state index in [1.54, 1.807) is 0 Å². The van der Waals surface area contributed by atoms with Gasteiger partial charge in [0.25, 0.3) is 0 Å². The summed E-state index contributed by atoms with van der Waals surface area (Å²) in [6.45, 7) is 0.344. The minimum atomic E-state index is -0.500. The average Bonchev–Trinajstić information content (AvgIpc) is 2.79. The molecule has 4 N–H and O–H groups in total. The Balaban J connectivity index is 0.000000258. The van der Waals surface area contributed by atoms with Crippen LogP contribution in [0.5, 0.6) is 0 Å². The maximum Gasteiger partial charge on any atom is 0.358 e. The summed E-state index contributed by atoms with van der Waals surface area (Å²) >= 11 is 0. The first-order valence-corrected chi connectivity index (χ1v) is 8.73. The van der Waals surface area contributed by atoms with Gasteiger partial charge in [-0.15, -0.1) is 0 Å². The van der Waals surface area contributed by atoms with E-state index in [-0.39, 0.29) is 13.1 Å². The van der Waals surface area contributed by atoms with Crippen LogP contribution >= 0.6 is 0 Å². The fourth-order valence-electron chi connectivity index (χ4n) is 2.00. The molecule has 3 heterocycles. The van der Waals surface area contributed by atoms with E-state index in [1.807, 2.05) is 0 Å². The summed E-state index contributed by atoms with van der Waals surface area (Å²) in [4.78, 5) is 34.9. The molecule has 0 saturated heterocycles. The second kappa shape index (κ2) is 12.3. The van der Waals surface area contributed by atoms with Crippen molar-refractivity contribution in [3.05, 3.63) is 29.8 Å². The maximum absolute atomic E-state index is 12.9. The molecule has 16 heteroatoms. The Morgan fingerprint density at radius 2 is 1.66 bits per heavy atom. The van der Waals surface area contributed by atoms with Crippen molar-refractivity contribution in [2.45, 2.75) is 0 Å². The van der Waals surface area contributed by atoms with Crippen LogP contribution in [-0.2, 0) is 9.68 Å². The van der Waals surface area contributed by atoms with Gasteiger partial charge in [0.1, 0.15) is 31.5 Å². The number of hydrogen-bond donors (Lipinski definition) is 3. The normalized spacial score (nSPS) is 16.4. The van der Waals surface area contributed by atoms with Crippen molar-refractivity contribution < 1.29 is 23.7 Å². The third-order valence-electron chi connectivity index (χ3n) is 3.42. The Kier molecular flexibility index (Phi) is 9.13. The Bertz CT molecular complexity index is 963. The molecule has 0 saturated carbocycles. The number of hydrogen-bond acceptors (Lipinski definition) is 11. The average molecular weight is 449 g/mol. The first kappa shape index (κ1) is 23.8. The SMILES string of the molecule is CO/N=C/C1=NNC(=O)N(/N=C/c2cncc(F)c2)C1.CO/N=C/C1=NNC(=O)N(N)C1. The lowest BCUT2D eigenvalue weighted by Crippen LogP contribution is -2.50. The fraction of sp³-hybridized carbons (Fsp3) is 0.250. The molecule has 1 aromatic rings. The molecule has 2 aliphatic rings. The van der Waals surface area contributed by atoms with Crippen LogP contribution in [0.2, 0.25) is 0 Å². The summed E-state index contributed by atoms with van der Waals surface area (Å²) in [5.74, 6) is 4.80. The second-order valence-corrected chi connectivity index (χ2v) is 5.74. The van der Waals surface area contributed by atoms with Crippen LogP contribution in [0.1, 0.15) is 5.56 Å². The van der Waals surface area contributed by atoms with Gasteiger partial charge in [-0.1, -0.05) is 10.3 Å². The van der Waals surface area contributed by atoms with Gasteiger partial charge in [0, 0.05) is 11.8 Å². The summed E-state index contributed by atoms with van der Waals surface area (Å²) in [5.41, 5.74) is 5.88. The minimum absolute atomic E-state index is 0.123. The zero-order chi connectivity index (χ0) is 23.3. The van der Waals surface area contributed by atoms with E-state index < -0.39 is 17.9 Å². The van der Waals surface area contributed by atoms with E-state index in [0.717, 1.165) is 16.2 Å². The number of urea groups is 2. The number of halogens is 1. The van der Waals surface area contributed by atoms with Crippen molar-refractivity contribution in [3.8, 4) is 0 Å². The monoisotopic (exact) mass is 449 g/mol. The number of hydrazine groups is 1. The molecule has 170 valence electrons. The number of rotatable bonds is 6. The largest absolute Gasteiger partial charge is 0.399 e. The summed E-state index contributed by atoms with van der Waals surface area (Å²) in [6.07, 6.45) is 6.56. The lowest BCUT2D eigenvalue weighted by Gasteiger charge is -2.20. The zero-order valence-electron chi connectivity index (χ0n) is 17.0. The highest BCUT2D eigenvalue weighted by Gasteiger charge is 2.19. The quantitative estimate of drug-likeness (QED) is 0.226. The molecule has 15 nitrogen and oxygen atoms in total. The van der Waals surface area contributed by atoms with Crippen molar-refractivity contribution in [3.63, 3.8) is 0 Å². The van der Waals surface area contributed by atoms with Crippen molar-refractivity contribution in [1.82, 2.24) is 25.9 Å². The lowest BCUT2D eigenvalue weighted by molar-refractivity contribution is 0.203. The predicted octanol–water partition coefficient (Wildman–Crippen LogP) is -0.558. The van der Waals surface area contributed by atoms with Gasteiger partial charge in [0.2, 0.25) is 0 Å². The number of oxime groups is 2. The Morgan fingerprint density at radius 3 is 2.25 bits per heavy atom. The first-order valence-electron chi connectivity index (χ1n) is 8.73. The van der Waals surface area contributed by atoms with E-state index >= 15 is 0 Å². The summed E-state index contributed by atoms with van der Waals surface area (Å²) in [5, 5.41) is 20.5. The molecule has 0 fully saturated rings. The van der Waals surface area contributed by atoms with Gasteiger partial charge in [0.15, 0.2) is 0 Å². The van der Waals surface area contributed by atoms with E-state index in [2.05, 4.69) is 51.1 Å². The van der Waals surface area contributed by atoms with Gasteiger partial charge < -0.3 is 9.68 Å². The molecule has 1 aromatic heterocycles. The van der Waals surface area contributed by atoms with Gasteiger partial charge >= 0.3 is 12.1 Å². The first-order chi connectivity index (χ1) is 15.4. The Hall–Kier alpha value is -4.47. The van der Waals surface area contributed by atoms with Crippen LogP contribution in [0.4, 0.5) is 14.0 Å². The van der Waals surface area contributed by atoms with E-state index in [0.29, 0.717) is 17.0 Å². The molecule has 0 radical (unpaired) electrons. The molecular formula is C16H20FN11O4. The topological polar surface area (TPSA) is 184 Å². The van der Waals surface area contributed by atoms with Gasteiger partial charge in [-0.3, -0.25) is 9.99 Å². The van der Waals surface area contributed by atoms with Gasteiger partial charge in [-0.2, -0.15) is 15.3 Å². The molecule has 0 aromatic carbocycles. The lowest BCUT2D eigenvalue weighted by atomic mass is 10.3. The highest BCUT2D eigenvalue weighted by molar-refractivity contribution is 6.32. The fourth-order valence-corrected chi connectivity index (χ4v) is 2.00. The number of nitrogens with zero attached hydrogens (tertiary/aromatic N) is 8. The van der Waals surface area contributed by atoms with E-state index in [1.165, 1.54) is 45.1 Å². The third-order valence-corrected chi connectivity index (χ3v) is 3.42.